The molecule has 5 rings (SSSR count). The van der Waals surface area contributed by atoms with Crippen LogP contribution in [0.5, 0.6) is 0 Å². The van der Waals surface area contributed by atoms with E-state index in [0.29, 0.717) is 0 Å². The maximum atomic E-state index is 13.5. The number of aryl methyl sites for hydroxylation is 1. The molecule has 1 aliphatic rings. The van der Waals surface area contributed by atoms with Gasteiger partial charge in [0.25, 0.3) is 0 Å². The van der Waals surface area contributed by atoms with Gasteiger partial charge in [-0.3, -0.25) is 0 Å². The zero-order chi connectivity index (χ0) is 25.8. The standard InChI is InChI=1S/C16H15F3N6O3.C7H7Cl/c17-9-3-8(4-10(18)15(9)19)11-6-25(23-21-11)12-5-14(24-2-1-20-22-24)28-13(7-26)16(12)27;1-6-3-2-4-7(8)5-6/h1-4,6,12-14,16,26-27H,5,7H2;2-5H,1H3. The Morgan fingerprint density at radius 1 is 1.11 bits per heavy atom. The molecule has 0 amide bonds. The molecule has 0 aliphatic carbocycles. The molecule has 13 heteroatoms. The predicted octanol–water partition coefficient (Wildman–Crippen LogP) is 3.48. The van der Waals surface area contributed by atoms with Crippen LogP contribution < -0.4 is 0 Å². The molecular formula is C23H22ClF3N6O3. The van der Waals surface area contributed by atoms with Crippen LogP contribution in [0.3, 0.4) is 0 Å². The summed E-state index contributed by atoms with van der Waals surface area (Å²) in [6, 6.07) is 8.71. The summed E-state index contributed by atoms with van der Waals surface area (Å²) in [7, 11) is 0. The van der Waals surface area contributed by atoms with Gasteiger partial charge >= 0.3 is 0 Å². The molecule has 9 nitrogen and oxygen atoms in total. The molecule has 2 aromatic carbocycles. The summed E-state index contributed by atoms with van der Waals surface area (Å²) >= 11 is 5.64. The first-order valence-electron chi connectivity index (χ1n) is 10.9. The SMILES string of the molecule is Cc1cccc(Cl)c1.OCC1OC(n2ccnn2)CC(n2cc(-c3cc(F)c(F)c(F)c3)nn2)C1O. The molecule has 190 valence electrons. The van der Waals surface area contributed by atoms with Crippen molar-refractivity contribution in [2.45, 2.75) is 37.8 Å². The minimum absolute atomic E-state index is 0.00395. The Labute approximate surface area is 208 Å². The number of aliphatic hydroxyl groups excluding tert-OH is 2. The van der Waals surface area contributed by atoms with Gasteiger partial charge in [0.15, 0.2) is 23.7 Å². The summed E-state index contributed by atoms with van der Waals surface area (Å²) in [5, 5.41) is 36.2. The van der Waals surface area contributed by atoms with Crippen LogP contribution in [0.4, 0.5) is 13.2 Å². The van der Waals surface area contributed by atoms with Crippen molar-refractivity contribution in [1.29, 1.82) is 0 Å². The number of hydrogen-bond acceptors (Lipinski definition) is 7. The second-order valence-electron chi connectivity index (χ2n) is 8.13. The van der Waals surface area contributed by atoms with Crippen LogP contribution in [0.2, 0.25) is 5.02 Å². The highest BCUT2D eigenvalue weighted by Crippen LogP contribution is 2.34. The van der Waals surface area contributed by atoms with Gasteiger partial charge in [-0.05, 0) is 36.8 Å². The van der Waals surface area contributed by atoms with Crippen molar-refractivity contribution in [3.8, 4) is 11.3 Å². The van der Waals surface area contributed by atoms with E-state index in [1.165, 1.54) is 27.3 Å². The first-order chi connectivity index (χ1) is 17.3. The highest BCUT2D eigenvalue weighted by molar-refractivity contribution is 6.30. The van der Waals surface area contributed by atoms with Crippen LogP contribution in [-0.4, -0.2) is 59.0 Å². The molecule has 2 aromatic heterocycles. The summed E-state index contributed by atoms with van der Waals surface area (Å²) in [6.07, 6.45) is 1.96. The van der Waals surface area contributed by atoms with E-state index in [-0.39, 0.29) is 17.7 Å². The van der Waals surface area contributed by atoms with Gasteiger partial charge in [0.1, 0.15) is 17.9 Å². The van der Waals surface area contributed by atoms with E-state index in [2.05, 4.69) is 20.6 Å². The monoisotopic (exact) mass is 522 g/mol. The highest BCUT2D eigenvalue weighted by atomic mass is 35.5. The van der Waals surface area contributed by atoms with Crippen molar-refractivity contribution in [2.24, 2.45) is 0 Å². The van der Waals surface area contributed by atoms with E-state index >= 15 is 0 Å². The molecule has 36 heavy (non-hydrogen) atoms. The average molecular weight is 523 g/mol. The van der Waals surface area contributed by atoms with E-state index in [1.807, 2.05) is 31.2 Å². The molecule has 3 heterocycles. The van der Waals surface area contributed by atoms with E-state index in [9.17, 15) is 23.4 Å². The molecular weight excluding hydrogens is 501 g/mol. The molecule has 4 atom stereocenters. The first-order valence-corrected chi connectivity index (χ1v) is 11.2. The van der Waals surface area contributed by atoms with E-state index in [4.69, 9.17) is 16.3 Å². The van der Waals surface area contributed by atoms with E-state index in [1.54, 1.807) is 6.20 Å². The maximum Gasteiger partial charge on any atom is 0.194 e. The molecule has 0 spiro atoms. The Bertz CT molecular complexity index is 1270. The van der Waals surface area contributed by atoms with E-state index in [0.717, 1.165) is 17.2 Å². The summed E-state index contributed by atoms with van der Waals surface area (Å²) in [6.45, 7) is 1.57. The molecule has 2 N–H and O–H groups in total. The van der Waals surface area contributed by atoms with Gasteiger partial charge in [-0.1, -0.05) is 34.2 Å². The second-order valence-corrected chi connectivity index (χ2v) is 8.56. The number of hydrogen-bond donors (Lipinski definition) is 2. The van der Waals surface area contributed by atoms with Gasteiger partial charge in [-0.15, -0.1) is 10.2 Å². The quantitative estimate of drug-likeness (QED) is 0.395. The van der Waals surface area contributed by atoms with Gasteiger partial charge in [0, 0.05) is 23.2 Å². The molecule has 0 radical (unpaired) electrons. The summed E-state index contributed by atoms with van der Waals surface area (Å²) in [5.74, 6) is -4.26. The fraction of sp³-hybridized carbons (Fsp3) is 0.304. The molecule has 1 saturated heterocycles. The fourth-order valence-corrected chi connectivity index (χ4v) is 4.01. The van der Waals surface area contributed by atoms with Crippen molar-refractivity contribution in [2.75, 3.05) is 6.61 Å². The van der Waals surface area contributed by atoms with Crippen LogP contribution in [-0.2, 0) is 4.74 Å². The van der Waals surface area contributed by atoms with Crippen molar-refractivity contribution in [3.05, 3.63) is 83.0 Å². The topological polar surface area (TPSA) is 111 Å². The van der Waals surface area contributed by atoms with Gasteiger partial charge < -0.3 is 14.9 Å². The number of halogens is 4. The first kappa shape index (κ1) is 25.8. The Morgan fingerprint density at radius 2 is 1.86 bits per heavy atom. The third kappa shape index (κ3) is 5.73. The Balaban J connectivity index is 0.000000325. The third-order valence-electron chi connectivity index (χ3n) is 5.58. The van der Waals surface area contributed by atoms with Crippen molar-refractivity contribution in [1.82, 2.24) is 30.0 Å². The molecule has 4 aromatic rings. The van der Waals surface area contributed by atoms with Crippen LogP contribution in [0.15, 0.2) is 55.0 Å². The number of ether oxygens (including phenoxy) is 1. The number of nitrogens with zero attached hydrogens (tertiary/aromatic N) is 6. The van der Waals surface area contributed by atoms with Gasteiger partial charge in [0.2, 0.25) is 0 Å². The third-order valence-corrected chi connectivity index (χ3v) is 5.81. The lowest BCUT2D eigenvalue weighted by molar-refractivity contribution is -0.184. The summed E-state index contributed by atoms with van der Waals surface area (Å²) in [4.78, 5) is 0. The molecule has 1 fully saturated rings. The Kier molecular flexibility index (Phi) is 7.99. The lowest BCUT2D eigenvalue weighted by atomic mass is 9.98. The van der Waals surface area contributed by atoms with Crippen molar-refractivity contribution >= 4 is 11.6 Å². The lowest BCUT2D eigenvalue weighted by Crippen LogP contribution is -2.46. The Hall–Kier alpha value is -3.32. The zero-order valence-electron chi connectivity index (χ0n) is 18.9. The van der Waals surface area contributed by atoms with Gasteiger partial charge in [-0.2, -0.15) is 0 Å². The number of rotatable bonds is 4. The second kappa shape index (κ2) is 11.2. The number of benzene rings is 2. The lowest BCUT2D eigenvalue weighted by Gasteiger charge is -2.38. The zero-order valence-corrected chi connectivity index (χ0v) is 19.7. The maximum absolute atomic E-state index is 13.5. The van der Waals surface area contributed by atoms with Crippen LogP contribution >= 0.6 is 11.6 Å². The average Bonchev–Trinajstić information content (AvgIpc) is 3.55. The molecule has 0 saturated carbocycles. The predicted molar refractivity (Wildman–Crippen MR) is 122 cm³/mol. The van der Waals surface area contributed by atoms with Crippen LogP contribution in [0, 0.1) is 24.4 Å². The Morgan fingerprint density at radius 3 is 2.44 bits per heavy atom. The normalized spacial score (nSPS) is 21.6. The molecule has 0 bridgehead atoms. The van der Waals surface area contributed by atoms with Crippen LogP contribution in [0.1, 0.15) is 24.3 Å². The smallest absolute Gasteiger partial charge is 0.194 e. The van der Waals surface area contributed by atoms with Crippen molar-refractivity contribution < 1.29 is 28.1 Å². The largest absolute Gasteiger partial charge is 0.394 e. The molecule has 4 unspecified atom stereocenters. The molecule has 1 aliphatic heterocycles. The minimum atomic E-state index is -1.57. The van der Waals surface area contributed by atoms with Gasteiger partial charge in [-0.25, -0.2) is 22.5 Å². The minimum Gasteiger partial charge on any atom is -0.394 e. The number of aromatic nitrogens is 6. The van der Waals surface area contributed by atoms with Gasteiger partial charge in [0.05, 0.1) is 25.0 Å². The fourth-order valence-electron chi connectivity index (χ4n) is 3.77. The highest BCUT2D eigenvalue weighted by Gasteiger charge is 2.40. The number of aliphatic hydroxyl groups is 2. The van der Waals surface area contributed by atoms with E-state index < -0.39 is 48.5 Å². The summed E-state index contributed by atoms with van der Waals surface area (Å²) in [5.41, 5.74) is 1.29. The van der Waals surface area contributed by atoms with Crippen molar-refractivity contribution in [3.63, 3.8) is 0 Å². The summed E-state index contributed by atoms with van der Waals surface area (Å²) < 4.78 is 48.5. The van der Waals surface area contributed by atoms with Crippen LogP contribution in [0.25, 0.3) is 11.3 Å².